The lowest BCUT2D eigenvalue weighted by Gasteiger charge is -2.33. The summed E-state index contributed by atoms with van der Waals surface area (Å²) < 4.78 is 13.3. The van der Waals surface area contributed by atoms with E-state index in [2.05, 4.69) is 15.1 Å². The Morgan fingerprint density at radius 1 is 1.39 bits per heavy atom. The second-order valence-electron chi connectivity index (χ2n) is 7.15. The van der Waals surface area contributed by atoms with Crippen molar-refractivity contribution in [2.24, 2.45) is 0 Å². The number of halogens is 1. The maximum absolute atomic E-state index is 12.7. The highest BCUT2D eigenvalue weighted by Crippen LogP contribution is 2.24. The third kappa shape index (κ3) is 5.03. The molecule has 31 heavy (non-hydrogen) atoms. The van der Waals surface area contributed by atoms with E-state index in [9.17, 15) is 9.90 Å². The van der Waals surface area contributed by atoms with Crippen molar-refractivity contribution in [3.8, 4) is 11.6 Å². The molecule has 1 fully saturated rings. The number of aromatic hydroxyl groups is 1. The molecule has 164 valence electrons. The Morgan fingerprint density at radius 2 is 2.23 bits per heavy atom. The van der Waals surface area contributed by atoms with Crippen molar-refractivity contribution in [1.29, 1.82) is 0 Å². The van der Waals surface area contributed by atoms with Crippen molar-refractivity contribution in [1.82, 2.24) is 24.5 Å². The molecule has 0 aliphatic carbocycles. The number of benzene rings is 1. The molecule has 1 N–H and O–H groups in total. The number of carbonyl (C=O) groups excluding carboxylic acids is 1. The third-order valence-electron chi connectivity index (χ3n) is 4.85. The Hall–Kier alpha value is -2.56. The van der Waals surface area contributed by atoms with Crippen LogP contribution in [0.2, 0.25) is 5.02 Å². The number of phenols is 1. The molecular weight excluding hydrogens is 442 g/mol. The standard InChI is InChI=1S/C20H22ClN5O4S/c1-12-7-18(26-19(22-12)23-20(24-26)31-2)30-11-14-10-25(5-6-29-14)17(28)9-13-3-4-16(27)15(21)8-13/h3-4,7-8,14,27H,5-6,9-11H2,1-2H3. The number of hydrogen-bond donors (Lipinski definition) is 1. The smallest absolute Gasteiger partial charge is 0.256 e. The van der Waals surface area contributed by atoms with Gasteiger partial charge in [-0.25, -0.2) is 4.98 Å². The predicted octanol–water partition coefficient (Wildman–Crippen LogP) is 2.36. The van der Waals surface area contributed by atoms with Crippen molar-refractivity contribution < 1.29 is 19.4 Å². The minimum Gasteiger partial charge on any atom is -0.506 e. The molecule has 1 unspecified atom stereocenters. The summed E-state index contributed by atoms with van der Waals surface area (Å²) >= 11 is 7.37. The molecule has 1 aromatic carbocycles. The van der Waals surface area contributed by atoms with Gasteiger partial charge in [-0.15, -0.1) is 5.10 Å². The highest BCUT2D eigenvalue weighted by Gasteiger charge is 2.25. The van der Waals surface area contributed by atoms with E-state index >= 15 is 0 Å². The minimum atomic E-state index is -0.270. The highest BCUT2D eigenvalue weighted by molar-refractivity contribution is 7.98. The number of phenolic OH excluding ortho intramolecular Hbond substituents is 1. The fraction of sp³-hybridized carbons (Fsp3) is 0.400. The van der Waals surface area contributed by atoms with Gasteiger partial charge in [0.05, 0.1) is 24.6 Å². The van der Waals surface area contributed by atoms with Gasteiger partial charge in [0, 0.05) is 18.3 Å². The fourth-order valence-corrected chi connectivity index (χ4v) is 3.84. The minimum absolute atomic E-state index is 0.000981. The number of ether oxygens (including phenoxy) is 2. The van der Waals surface area contributed by atoms with E-state index in [1.165, 1.54) is 17.8 Å². The number of aromatic nitrogens is 4. The van der Waals surface area contributed by atoms with E-state index in [0.717, 1.165) is 11.3 Å². The molecule has 1 amide bonds. The molecule has 9 nitrogen and oxygen atoms in total. The quantitative estimate of drug-likeness (QED) is 0.556. The number of amides is 1. The maximum atomic E-state index is 12.7. The van der Waals surface area contributed by atoms with Gasteiger partial charge in [-0.2, -0.15) is 9.50 Å². The summed E-state index contributed by atoms with van der Waals surface area (Å²) in [6.45, 7) is 3.50. The number of rotatable bonds is 6. The first kappa shape index (κ1) is 21.7. The van der Waals surface area contributed by atoms with Gasteiger partial charge in [0.2, 0.25) is 16.9 Å². The molecule has 4 rings (SSSR count). The largest absolute Gasteiger partial charge is 0.506 e. The van der Waals surface area contributed by atoms with Crippen LogP contribution < -0.4 is 4.74 Å². The highest BCUT2D eigenvalue weighted by atomic mass is 35.5. The Kier molecular flexibility index (Phi) is 6.49. The van der Waals surface area contributed by atoms with Crippen molar-refractivity contribution in [3.05, 3.63) is 40.5 Å². The average Bonchev–Trinajstić information content (AvgIpc) is 3.18. The Labute approximate surface area is 188 Å². The van der Waals surface area contributed by atoms with Crippen LogP contribution in [0.25, 0.3) is 5.78 Å². The van der Waals surface area contributed by atoms with Crippen molar-refractivity contribution in [2.45, 2.75) is 24.6 Å². The first-order valence-electron chi connectivity index (χ1n) is 9.71. The van der Waals surface area contributed by atoms with E-state index in [-0.39, 0.29) is 35.8 Å². The van der Waals surface area contributed by atoms with Crippen molar-refractivity contribution >= 4 is 35.0 Å². The molecule has 0 radical (unpaired) electrons. The van der Waals surface area contributed by atoms with Gasteiger partial charge in [0.15, 0.2) is 0 Å². The van der Waals surface area contributed by atoms with E-state index in [1.807, 2.05) is 13.2 Å². The zero-order valence-corrected chi connectivity index (χ0v) is 18.7. The van der Waals surface area contributed by atoms with Gasteiger partial charge in [-0.1, -0.05) is 29.4 Å². The molecule has 3 aromatic rings. The molecule has 1 saturated heterocycles. The predicted molar refractivity (Wildman–Crippen MR) is 116 cm³/mol. The van der Waals surface area contributed by atoms with Gasteiger partial charge in [0.25, 0.3) is 5.78 Å². The van der Waals surface area contributed by atoms with Crippen LogP contribution >= 0.6 is 23.4 Å². The zero-order valence-electron chi connectivity index (χ0n) is 17.1. The monoisotopic (exact) mass is 463 g/mol. The normalized spacial score (nSPS) is 16.6. The van der Waals surface area contributed by atoms with Crippen LogP contribution in [0.1, 0.15) is 11.3 Å². The number of nitrogens with zero attached hydrogens (tertiary/aromatic N) is 5. The number of hydrogen-bond acceptors (Lipinski definition) is 8. The first-order valence-corrected chi connectivity index (χ1v) is 11.3. The van der Waals surface area contributed by atoms with Gasteiger partial charge in [-0.3, -0.25) is 4.79 Å². The van der Waals surface area contributed by atoms with Gasteiger partial charge in [0.1, 0.15) is 18.5 Å². The van der Waals surface area contributed by atoms with Crippen LogP contribution in [0.4, 0.5) is 0 Å². The fourth-order valence-electron chi connectivity index (χ4n) is 3.30. The van der Waals surface area contributed by atoms with E-state index in [1.54, 1.807) is 27.6 Å². The summed E-state index contributed by atoms with van der Waals surface area (Å²) in [6.07, 6.45) is 1.83. The molecular formula is C20H22ClN5O4S. The number of carbonyl (C=O) groups is 1. The lowest BCUT2D eigenvalue weighted by molar-refractivity contribution is -0.139. The number of aryl methyl sites for hydroxylation is 1. The van der Waals surface area contributed by atoms with Crippen LogP contribution in [0, 0.1) is 6.92 Å². The summed E-state index contributed by atoms with van der Waals surface area (Å²) in [6, 6.07) is 6.59. The van der Waals surface area contributed by atoms with Crippen LogP contribution in [0.3, 0.4) is 0 Å². The second kappa shape index (κ2) is 9.29. The van der Waals surface area contributed by atoms with E-state index in [0.29, 0.717) is 36.5 Å². The SMILES string of the molecule is CSc1nc2nc(C)cc(OCC3CN(C(=O)Cc4ccc(O)c(Cl)c4)CCO3)n2n1. The van der Waals surface area contributed by atoms with Crippen molar-refractivity contribution in [2.75, 3.05) is 32.6 Å². The average molecular weight is 464 g/mol. The molecule has 1 aliphatic rings. The maximum Gasteiger partial charge on any atom is 0.256 e. The summed E-state index contributed by atoms with van der Waals surface area (Å²) in [4.78, 5) is 23.2. The molecule has 1 aliphatic heterocycles. The Morgan fingerprint density at radius 3 is 3.00 bits per heavy atom. The Balaban J connectivity index is 1.39. The lowest BCUT2D eigenvalue weighted by Crippen LogP contribution is -2.48. The van der Waals surface area contributed by atoms with Crippen LogP contribution in [-0.4, -0.2) is 74.2 Å². The zero-order chi connectivity index (χ0) is 22.0. The molecule has 1 atom stereocenters. The third-order valence-corrected chi connectivity index (χ3v) is 5.69. The number of thioether (sulfide) groups is 1. The summed E-state index contributed by atoms with van der Waals surface area (Å²) in [5, 5.41) is 14.8. The molecule has 2 aromatic heterocycles. The molecule has 11 heteroatoms. The van der Waals surface area contributed by atoms with Gasteiger partial charge in [-0.05, 0) is 30.9 Å². The summed E-state index contributed by atoms with van der Waals surface area (Å²) in [5.74, 6) is 0.978. The molecule has 3 heterocycles. The molecule has 0 spiro atoms. The van der Waals surface area contributed by atoms with Crippen LogP contribution in [0.5, 0.6) is 11.6 Å². The molecule has 0 saturated carbocycles. The number of morpholine rings is 1. The van der Waals surface area contributed by atoms with Gasteiger partial charge < -0.3 is 19.5 Å². The van der Waals surface area contributed by atoms with E-state index < -0.39 is 0 Å². The lowest BCUT2D eigenvalue weighted by atomic mass is 10.1. The van der Waals surface area contributed by atoms with E-state index in [4.69, 9.17) is 21.1 Å². The topological polar surface area (TPSA) is 102 Å². The summed E-state index contributed by atoms with van der Waals surface area (Å²) in [5.41, 5.74) is 1.52. The molecule has 0 bridgehead atoms. The first-order chi connectivity index (χ1) is 14.9. The van der Waals surface area contributed by atoms with Crippen LogP contribution in [-0.2, 0) is 16.0 Å². The number of fused-ring (bicyclic) bond motifs is 1. The van der Waals surface area contributed by atoms with Crippen molar-refractivity contribution in [3.63, 3.8) is 0 Å². The second-order valence-corrected chi connectivity index (χ2v) is 8.33. The van der Waals surface area contributed by atoms with Crippen LogP contribution in [0.15, 0.2) is 29.4 Å². The Bertz CT molecular complexity index is 1110. The van der Waals surface area contributed by atoms with Gasteiger partial charge >= 0.3 is 0 Å². The summed E-state index contributed by atoms with van der Waals surface area (Å²) in [7, 11) is 0.